The highest BCUT2D eigenvalue weighted by Gasteiger charge is 2.14. The summed E-state index contributed by atoms with van der Waals surface area (Å²) < 4.78 is 0. The van der Waals surface area contributed by atoms with E-state index in [0.29, 0.717) is 0 Å². The lowest BCUT2D eigenvalue weighted by Gasteiger charge is -2.13. The first kappa shape index (κ1) is 10.3. The number of aliphatic hydroxyl groups is 1. The molecule has 0 aliphatic rings. The lowest BCUT2D eigenvalue weighted by molar-refractivity contribution is -0.307. The molecule has 0 spiro atoms. The van der Waals surface area contributed by atoms with Gasteiger partial charge in [-0.15, -0.1) is 0 Å². The Kier molecular flexibility index (Phi) is 2.93. The lowest BCUT2D eigenvalue weighted by atomic mass is 10.1. The van der Waals surface area contributed by atoms with Gasteiger partial charge in [-0.3, -0.25) is 0 Å². The summed E-state index contributed by atoms with van der Waals surface area (Å²) in [6.07, 6.45) is -2.01. The molecule has 1 rings (SSSR count). The van der Waals surface area contributed by atoms with E-state index in [1.807, 2.05) is 0 Å². The Balaban J connectivity index is 2.95. The molecule has 0 heterocycles. The molecule has 5 nitrogen and oxygen atoms in total. The minimum absolute atomic E-state index is 0.0331. The summed E-state index contributed by atoms with van der Waals surface area (Å²) in [6.45, 7) is 0. The van der Waals surface area contributed by atoms with Crippen LogP contribution in [0.4, 0.5) is 0 Å². The van der Waals surface area contributed by atoms with Gasteiger partial charge in [0, 0.05) is 18.0 Å². The highest BCUT2D eigenvalue weighted by Crippen LogP contribution is 2.33. The normalized spacial score (nSPS) is 12.4. The Labute approximate surface area is 79.9 Å². The average Bonchev–Trinajstić information content (AvgIpc) is 2.08. The Bertz CT molecular complexity index is 347. The van der Waals surface area contributed by atoms with Gasteiger partial charge in [-0.05, 0) is 6.07 Å². The number of benzene rings is 1. The number of aromatic hydroxyl groups is 2. The van der Waals surface area contributed by atoms with Crippen LogP contribution < -0.4 is 5.11 Å². The number of aliphatic carboxylic acids is 1. The molecule has 0 aliphatic carbocycles. The smallest absolute Gasteiger partial charge is 0.163 e. The van der Waals surface area contributed by atoms with Crippen LogP contribution >= 0.6 is 0 Å². The predicted octanol–water partition coefficient (Wildman–Crippen LogP) is -0.729. The van der Waals surface area contributed by atoms with Crippen LogP contribution in [-0.2, 0) is 4.79 Å². The molecule has 0 saturated carbocycles. The summed E-state index contributed by atoms with van der Waals surface area (Å²) in [4.78, 5) is 10.2. The minimum atomic E-state index is -1.43. The van der Waals surface area contributed by atoms with Crippen LogP contribution in [0.1, 0.15) is 18.1 Å². The van der Waals surface area contributed by atoms with Gasteiger partial charge >= 0.3 is 0 Å². The maximum atomic E-state index is 10.2. The number of rotatable bonds is 3. The molecule has 0 bridgehead atoms. The predicted molar refractivity (Wildman–Crippen MR) is 44.4 cm³/mol. The first-order valence-corrected chi connectivity index (χ1v) is 3.91. The Morgan fingerprint density at radius 2 is 2.07 bits per heavy atom. The molecule has 14 heavy (non-hydrogen) atoms. The number of carboxylic acid groups (broad SMARTS) is 1. The second kappa shape index (κ2) is 3.97. The number of hydrogen-bond donors (Lipinski definition) is 3. The molecule has 0 radical (unpaired) electrons. The zero-order chi connectivity index (χ0) is 10.7. The van der Waals surface area contributed by atoms with Crippen molar-refractivity contribution >= 4 is 5.97 Å². The summed E-state index contributed by atoms with van der Waals surface area (Å²) in [6, 6.07) is 3.94. The number of phenols is 2. The fourth-order valence-electron chi connectivity index (χ4n) is 1.09. The van der Waals surface area contributed by atoms with Crippen molar-refractivity contribution in [3.63, 3.8) is 0 Å². The van der Waals surface area contributed by atoms with Crippen molar-refractivity contribution in [2.75, 3.05) is 0 Å². The van der Waals surface area contributed by atoms with Crippen molar-refractivity contribution < 1.29 is 25.2 Å². The van der Waals surface area contributed by atoms with E-state index in [9.17, 15) is 20.1 Å². The van der Waals surface area contributed by atoms with Gasteiger partial charge in [0.15, 0.2) is 11.5 Å². The van der Waals surface area contributed by atoms with E-state index >= 15 is 0 Å². The van der Waals surface area contributed by atoms with Gasteiger partial charge in [0.1, 0.15) is 0 Å². The van der Waals surface area contributed by atoms with E-state index < -0.39 is 30.0 Å². The summed E-state index contributed by atoms with van der Waals surface area (Å²) in [5, 5.41) is 37.8. The van der Waals surface area contributed by atoms with Gasteiger partial charge in [-0.25, -0.2) is 0 Å². The van der Waals surface area contributed by atoms with Gasteiger partial charge in [-0.2, -0.15) is 0 Å². The highest BCUT2D eigenvalue weighted by atomic mass is 16.4. The van der Waals surface area contributed by atoms with Crippen molar-refractivity contribution in [2.24, 2.45) is 0 Å². The first-order valence-electron chi connectivity index (χ1n) is 3.91. The highest BCUT2D eigenvalue weighted by molar-refractivity contribution is 5.65. The van der Waals surface area contributed by atoms with Crippen LogP contribution in [0.3, 0.4) is 0 Å². The molecule has 0 amide bonds. The average molecular weight is 197 g/mol. The van der Waals surface area contributed by atoms with Crippen molar-refractivity contribution in [3.05, 3.63) is 23.8 Å². The number of aliphatic hydroxyl groups excluding tert-OH is 1. The molecule has 1 unspecified atom stereocenters. The van der Waals surface area contributed by atoms with Crippen LogP contribution in [0.5, 0.6) is 11.5 Å². The van der Waals surface area contributed by atoms with E-state index in [4.69, 9.17) is 5.11 Å². The third kappa shape index (κ3) is 2.14. The molecule has 1 aromatic carbocycles. The van der Waals surface area contributed by atoms with Crippen molar-refractivity contribution in [1.29, 1.82) is 0 Å². The van der Waals surface area contributed by atoms with E-state index in [-0.39, 0.29) is 5.56 Å². The van der Waals surface area contributed by atoms with E-state index in [1.165, 1.54) is 18.2 Å². The molecule has 3 N–H and O–H groups in total. The maximum Gasteiger partial charge on any atom is 0.163 e. The minimum Gasteiger partial charge on any atom is -0.550 e. The quantitative estimate of drug-likeness (QED) is 0.554. The number of carbonyl (C=O) groups is 1. The molecule has 1 aromatic rings. The van der Waals surface area contributed by atoms with Crippen LogP contribution in [-0.4, -0.2) is 21.3 Å². The maximum absolute atomic E-state index is 10.2. The standard InChI is InChI=1S/C9H10O5/c10-6-3-1-2-5(9(6)14)7(11)4-8(12)13/h1-3,7,10-11,14H,4H2,(H,12,13)/p-1. The van der Waals surface area contributed by atoms with Crippen LogP contribution in [0, 0.1) is 0 Å². The number of carbonyl (C=O) groups excluding carboxylic acids is 1. The van der Waals surface area contributed by atoms with Gasteiger partial charge in [0.05, 0.1) is 6.10 Å². The van der Waals surface area contributed by atoms with E-state index in [2.05, 4.69) is 0 Å². The first-order chi connectivity index (χ1) is 6.52. The molecule has 76 valence electrons. The molecule has 1 atom stereocenters. The van der Waals surface area contributed by atoms with E-state index in [0.717, 1.165) is 0 Å². The van der Waals surface area contributed by atoms with Crippen molar-refractivity contribution in [3.8, 4) is 11.5 Å². The largest absolute Gasteiger partial charge is 0.550 e. The monoisotopic (exact) mass is 197 g/mol. The fourth-order valence-corrected chi connectivity index (χ4v) is 1.09. The van der Waals surface area contributed by atoms with Gasteiger partial charge in [0.2, 0.25) is 0 Å². The van der Waals surface area contributed by atoms with Crippen LogP contribution in [0.25, 0.3) is 0 Å². The second-order valence-corrected chi connectivity index (χ2v) is 2.81. The summed E-state index contributed by atoms with van der Waals surface area (Å²) in [7, 11) is 0. The Morgan fingerprint density at radius 1 is 1.43 bits per heavy atom. The molecule has 0 saturated heterocycles. The molecule has 0 aliphatic heterocycles. The number of carboxylic acids is 1. The van der Waals surface area contributed by atoms with Crippen LogP contribution in [0.15, 0.2) is 18.2 Å². The fraction of sp³-hybridized carbons (Fsp3) is 0.222. The molecule has 0 fully saturated rings. The van der Waals surface area contributed by atoms with Crippen LogP contribution in [0.2, 0.25) is 0 Å². The second-order valence-electron chi connectivity index (χ2n) is 2.81. The van der Waals surface area contributed by atoms with E-state index in [1.54, 1.807) is 0 Å². The third-order valence-corrected chi connectivity index (χ3v) is 1.76. The molecular weight excluding hydrogens is 188 g/mol. The van der Waals surface area contributed by atoms with Gasteiger partial charge in [-0.1, -0.05) is 12.1 Å². The Morgan fingerprint density at radius 3 is 2.64 bits per heavy atom. The topological polar surface area (TPSA) is 101 Å². The molecule has 5 heteroatoms. The molecular formula is C9H9O5-. The van der Waals surface area contributed by atoms with Crippen molar-refractivity contribution in [2.45, 2.75) is 12.5 Å². The third-order valence-electron chi connectivity index (χ3n) is 1.76. The number of para-hydroxylation sites is 1. The zero-order valence-corrected chi connectivity index (χ0v) is 7.17. The van der Waals surface area contributed by atoms with Crippen molar-refractivity contribution in [1.82, 2.24) is 0 Å². The Hall–Kier alpha value is -1.75. The molecule has 0 aromatic heterocycles. The SMILES string of the molecule is O=C([O-])CC(O)c1cccc(O)c1O. The van der Waals surface area contributed by atoms with Gasteiger partial charge in [0.25, 0.3) is 0 Å². The number of hydrogen-bond acceptors (Lipinski definition) is 5. The zero-order valence-electron chi connectivity index (χ0n) is 7.17. The summed E-state index contributed by atoms with van der Waals surface area (Å²) in [5.74, 6) is -2.35. The summed E-state index contributed by atoms with van der Waals surface area (Å²) in [5.41, 5.74) is -0.0331. The summed E-state index contributed by atoms with van der Waals surface area (Å²) >= 11 is 0. The van der Waals surface area contributed by atoms with Gasteiger partial charge < -0.3 is 25.2 Å². The lowest BCUT2D eigenvalue weighted by Crippen LogP contribution is -2.24. The number of phenolic OH excluding ortho intramolecular Hbond substituents is 2.